The highest BCUT2D eigenvalue weighted by molar-refractivity contribution is 5.48. The minimum Gasteiger partial charge on any atom is -0.492 e. The van der Waals surface area contributed by atoms with Crippen molar-refractivity contribution in [2.45, 2.75) is 45.6 Å². The standard InChI is InChI=1S/C17H30N2O/c1-5-6-7-9-15(2)18-16-10-8-11-17(14-16)20-13-12-19(3)4/h8,10-11,14-15,18H,5-7,9,12-13H2,1-4H3. The Balaban J connectivity index is 2.38. The normalized spacial score (nSPS) is 12.4. The average Bonchev–Trinajstić information content (AvgIpc) is 2.39. The summed E-state index contributed by atoms with van der Waals surface area (Å²) in [6, 6.07) is 8.77. The van der Waals surface area contributed by atoms with Crippen molar-refractivity contribution >= 4 is 5.69 Å². The van der Waals surface area contributed by atoms with Crippen LogP contribution < -0.4 is 10.1 Å². The van der Waals surface area contributed by atoms with Crippen LogP contribution in [0.4, 0.5) is 5.69 Å². The van der Waals surface area contributed by atoms with Crippen molar-refractivity contribution in [2.24, 2.45) is 0 Å². The monoisotopic (exact) mass is 278 g/mol. The molecule has 0 aliphatic rings. The van der Waals surface area contributed by atoms with Gasteiger partial charge in [0.1, 0.15) is 12.4 Å². The van der Waals surface area contributed by atoms with Gasteiger partial charge in [0, 0.05) is 24.3 Å². The molecule has 1 aromatic rings. The molecule has 0 radical (unpaired) electrons. The fraction of sp³-hybridized carbons (Fsp3) is 0.647. The highest BCUT2D eigenvalue weighted by atomic mass is 16.5. The molecule has 0 aliphatic carbocycles. The zero-order valence-corrected chi connectivity index (χ0v) is 13.5. The summed E-state index contributed by atoms with van der Waals surface area (Å²) in [5.74, 6) is 0.942. The maximum absolute atomic E-state index is 5.76. The zero-order valence-electron chi connectivity index (χ0n) is 13.5. The molecule has 1 unspecified atom stereocenters. The van der Waals surface area contributed by atoms with Crippen molar-refractivity contribution in [3.8, 4) is 5.75 Å². The molecule has 1 rings (SSSR count). The smallest absolute Gasteiger partial charge is 0.121 e. The summed E-state index contributed by atoms with van der Waals surface area (Å²) in [7, 11) is 4.11. The van der Waals surface area contributed by atoms with Gasteiger partial charge in [-0.3, -0.25) is 0 Å². The molecule has 3 nitrogen and oxygen atoms in total. The third-order valence-electron chi connectivity index (χ3n) is 3.30. The van der Waals surface area contributed by atoms with Crippen LogP contribution in [0.15, 0.2) is 24.3 Å². The lowest BCUT2D eigenvalue weighted by atomic mass is 10.1. The van der Waals surface area contributed by atoms with Crippen LogP contribution in [0, 0.1) is 0 Å². The third-order valence-corrected chi connectivity index (χ3v) is 3.30. The van der Waals surface area contributed by atoms with Crippen LogP contribution in [-0.4, -0.2) is 38.2 Å². The maximum atomic E-state index is 5.76. The Morgan fingerprint density at radius 3 is 2.75 bits per heavy atom. The minimum atomic E-state index is 0.513. The molecular formula is C17H30N2O. The quantitative estimate of drug-likeness (QED) is 0.655. The average molecular weight is 278 g/mol. The van der Waals surface area contributed by atoms with Crippen LogP contribution in [-0.2, 0) is 0 Å². The third kappa shape index (κ3) is 7.39. The van der Waals surface area contributed by atoms with Crippen LogP contribution in [0.3, 0.4) is 0 Å². The number of anilines is 1. The number of ether oxygens (including phenoxy) is 1. The number of likely N-dealkylation sites (N-methyl/N-ethyl adjacent to an activating group) is 1. The largest absolute Gasteiger partial charge is 0.492 e. The van der Waals surface area contributed by atoms with E-state index in [0.29, 0.717) is 6.04 Å². The summed E-state index contributed by atoms with van der Waals surface area (Å²) in [6.45, 7) is 6.15. The molecule has 1 N–H and O–H groups in total. The van der Waals surface area contributed by atoms with Crippen molar-refractivity contribution in [3.05, 3.63) is 24.3 Å². The number of nitrogens with one attached hydrogen (secondary N) is 1. The first kappa shape index (κ1) is 16.8. The van der Waals surface area contributed by atoms with Gasteiger partial charge in [-0.25, -0.2) is 0 Å². The van der Waals surface area contributed by atoms with Crippen molar-refractivity contribution in [3.63, 3.8) is 0 Å². The van der Waals surface area contributed by atoms with Crippen molar-refractivity contribution in [1.29, 1.82) is 0 Å². The number of rotatable bonds is 10. The second kappa shape index (κ2) is 9.65. The van der Waals surface area contributed by atoms with Gasteiger partial charge in [0.15, 0.2) is 0 Å². The van der Waals surface area contributed by atoms with Crippen LogP contribution in [0.5, 0.6) is 5.75 Å². The lowest BCUT2D eigenvalue weighted by Gasteiger charge is -2.16. The Labute approximate surface area is 124 Å². The fourth-order valence-electron chi connectivity index (χ4n) is 2.08. The fourth-order valence-corrected chi connectivity index (χ4v) is 2.08. The number of hydrogen-bond donors (Lipinski definition) is 1. The molecule has 0 aliphatic heterocycles. The summed E-state index contributed by atoms with van der Waals surface area (Å²) >= 11 is 0. The predicted octanol–water partition coefficient (Wildman–Crippen LogP) is 4.01. The summed E-state index contributed by atoms with van der Waals surface area (Å²) in [5.41, 5.74) is 1.15. The molecule has 3 heteroatoms. The van der Waals surface area contributed by atoms with E-state index in [9.17, 15) is 0 Å². The molecule has 20 heavy (non-hydrogen) atoms. The van der Waals surface area contributed by atoms with E-state index in [0.717, 1.165) is 24.6 Å². The molecule has 114 valence electrons. The summed E-state index contributed by atoms with van der Waals surface area (Å²) in [5, 5.41) is 3.55. The Kier molecular flexibility index (Phi) is 8.12. The molecule has 0 aromatic heterocycles. The first-order valence-corrected chi connectivity index (χ1v) is 7.76. The van der Waals surface area contributed by atoms with Gasteiger partial charge in [0.2, 0.25) is 0 Å². The van der Waals surface area contributed by atoms with Crippen LogP contribution in [0.1, 0.15) is 39.5 Å². The molecule has 0 spiro atoms. The Bertz CT molecular complexity index is 366. The van der Waals surface area contributed by atoms with Crippen molar-refractivity contribution in [2.75, 3.05) is 32.6 Å². The van der Waals surface area contributed by atoms with Crippen molar-refractivity contribution in [1.82, 2.24) is 4.90 Å². The van der Waals surface area contributed by atoms with Gasteiger partial charge in [-0.1, -0.05) is 32.3 Å². The Morgan fingerprint density at radius 1 is 1.25 bits per heavy atom. The lowest BCUT2D eigenvalue weighted by Crippen LogP contribution is -2.19. The van der Waals surface area contributed by atoms with Crippen LogP contribution >= 0.6 is 0 Å². The number of unbranched alkanes of at least 4 members (excludes halogenated alkanes) is 2. The predicted molar refractivity (Wildman–Crippen MR) is 87.7 cm³/mol. The first-order valence-electron chi connectivity index (χ1n) is 7.76. The molecule has 0 fully saturated rings. The summed E-state index contributed by atoms with van der Waals surface area (Å²) in [4.78, 5) is 2.12. The molecular weight excluding hydrogens is 248 g/mol. The van der Waals surface area contributed by atoms with Gasteiger partial charge in [0.25, 0.3) is 0 Å². The van der Waals surface area contributed by atoms with E-state index >= 15 is 0 Å². The van der Waals surface area contributed by atoms with E-state index in [1.54, 1.807) is 0 Å². The summed E-state index contributed by atoms with van der Waals surface area (Å²) in [6.07, 6.45) is 5.12. The van der Waals surface area contributed by atoms with Gasteiger partial charge in [-0.15, -0.1) is 0 Å². The molecule has 1 atom stereocenters. The first-order chi connectivity index (χ1) is 9.61. The van der Waals surface area contributed by atoms with Crippen LogP contribution in [0.25, 0.3) is 0 Å². The maximum Gasteiger partial charge on any atom is 0.121 e. The van der Waals surface area contributed by atoms with E-state index < -0.39 is 0 Å². The number of nitrogens with zero attached hydrogens (tertiary/aromatic N) is 1. The molecule has 0 bridgehead atoms. The van der Waals surface area contributed by atoms with Gasteiger partial charge < -0.3 is 15.0 Å². The number of benzene rings is 1. The SMILES string of the molecule is CCCCCC(C)Nc1cccc(OCCN(C)C)c1. The zero-order chi connectivity index (χ0) is 14.8. The second-order valence-electron chi connectivity index (χ2n) is 5.72. The highest BCUT2D eigenvalue weighted by Gasteiger charge is 2.03. The molecule has 0 saturated heterocycles. The molecule has 0 amide bonds. The van der Waals surface area contributed by atoms with E-state index in [1.807, 2.05) is 12.1 Å². The van der Waals surface area contributed by atoms with Gasteiger partial charge in [0.05, 0.1) is 0 Å². The second-order valence-corrected chi connectivity index (χ2v) is 5.72. The topological polar surface area (TPSA) is 24.5 Å². The summed E-state index contributed by atoms with van der Waals surface area (Å²) < 4.78 is 5.76. The lowest BCUT2D eigenvalue weighted by molar-refractivity contribution is 0.261. The molecule has 0 heterocycles. The van der Waals surface area contributed by atoms with E-state index in [1.165, 1.54) is 25.7 Å². The van der Waals surface area contributed by atoms with Gasteiger partial charge in [-0.05, 0) is 39.6 Å². The highest BCUT2D eigenvalue weighted by Crippen LogP contribution is 2.19. The Morgan fingerprint density at radius 2 is 2.05 bits per heavy atom. The minimum absolute atomic E-state index is 0.513. The van der Waals surface area contributed by atoms with Gasteiger partial charge >= 0.3 is 0 Å². The van der Waals surface area contributed by atoms with Crippen LogP contribution in [0.2, 0.25) is 0 Å². The number of hydrogen-bond acceptors (Lipinski definition) is 3. The van der Waals surface area contributed by atoms with E-state index in [2.05, 4.69) is 50.3 Å². The van der Waals surface area contributed by atoms with Crippen molar-refractivity contribution < 1.29 is 4.74 Å². The van der Waals surface area contributed by atoms with E-state index in [-0.39, 0.29) is 0 Å². The Hall–Kier alpha value is -1.22. The van der Waals surface area contributed by atoms with E-state index in [4.69, 9.17) is 4.74 Å². The molecule has 1 aromatic carbocycles. The van der Waals surface area contributed by atoms with Gasteiger partial charge in [-0.2, -0.15) is 0 Å². The molecule has 0 saturated carbocycles.